The Kier molecular flexibility index (Phi) is 3.65. The minimum absolute atomic E-state index is 1.04. The van der Waals surface area contributed by atoms with Gasteiger partial charge in [-0.15, -0.1) is 0 Å². The van der Waals surface area contributed by atoms with Gasteiger partial charge in [0, 0.05) is 5.56 Å². The summed E-state index contributed by atoms with van der Waals surface area (Å²) in [6.45, 7) is 0. The summed E-state index contributed by atoms with van der Waals surface area (Å²) in [7, 11) is 0. The van der Waals surface area contributed by atoms with Crippen LogP contribution in [0, 0.1) is 0 Å². The summed E-state index contributed by atoms with van der Waals surface area (Å²) < 4.78 is 0. The first-order chi connectivity index (χ1) is 9.93. The molecule has 0 saturated heterocycles. The zero-order valence-corrected chi connectivity index (χ0v) is 11.1. The van der Waals surface area contributed by atoms with Crippen molar-refractivity contribution < 1.29 is 0 Å². The van der Waals surface area contributed by atoms with Crippen molar-refractivity contribution in [2.45, 2.75) is 0 Å². The number of hydrogen-bond donors (Lipinski definition) is 2. The first kappa shape index (κ1) is 12.3. The average Bonchev–Trinajstić information content (AvgIpc) is 2.55. The van der Waals surface area contributed by atoms with Crippen LogP contribution in [0.2, 0.25) is 0 Å². The zero-order valence-electron chi connectivity index (χ0n) is 11.1. The second-order valence-electron chi connectivity index (χ2n) is 4.53. The first-order valence-electron chi connectivity index (χ1n) is 6.65. The number of nitrogens with one attached hydrogen (secondary N) is 2. The Labute approximate surface area is 119 Å². The van der Waals surface area contributed by atoms with Crippen molar-refractivity contribution in [3.8, 4) is 11.1 Å². The Bertz CT molecular complexity index is 663. The molecular formula is C18H16N2. The SMILES string of the molecule is c1ccc(NNc2ccccc2-c2ccccc2)cc1. The summed E-state index contributed by atoms with van der Waals surface area (Å²) in [6, 6.07) is 28.7. The lowest BCUT2D eigenvalue weighted by molar-refractivity contribution is 1.41. The molecule has 0 spiro atoms. The second-order valence-corrected chi connectivity index (χ2v) is 4.53. The van der Waals surface area contributed by atoms with Gasteiger partial charge >= 0.3 is 0 Å². The monoisotopic (exact) mass is 260 g/mol. The molecule has 0 bridgehead atoms. The van der Waals surface area contributed by atoms with Gasteiger partial charge in [-0.25, -0.2) is 0 Å². The molecule has 2 heteroatoms. The van der Waals surface area contributed by atoms with Crippen LogP contribution in [0.5, 0.6) is 0 Å². The molecule has 0 saturated carbocycles. The number of hydrogen-bond acceptors (Lipinski definition) is 2. The van der Waals surface area contributed by atoms with Crippen LogP contribution in [0.15, 0.2) is 84.9 Å². The third kappa shape index (κ3) is 2.81. The van der Waals surface area contributed by atoms with Gasteiger partial charge in [0.2, 0.25) is 0 Å². The van der Waals surface area contributed by atoms with Crippen molar-refractivity contribution in [1.29, 1.82) is 0 Å². The highest BCUT2D eigenvalue weighted by atomic mass is 15.4. The van der Waals surface area contributed by atoms with Crippen molar-refractivity contribution in [3.05, 3.63) is 84.9 Å². The van der Waals surface area contributed by atoms with Crippen molar-refractivity contribution >= 4 is 11.4 Å². The quantitative estimate of drug-likeness (QED) is 0.659. The molecule has 2 N–H and O–H groups in total. The average molecular weight is 260 g/mol. The molecular weight excluding hydrogens is 244 g/mol. The normalized spacial score (nSPS) is 10.0. The minimum Gasteiger partial charge on any atom is -0.301 e. The fraction of sp³-hybridized carbons (Fsp3) is 0. The van der Waals surface area contributed by atoms with Crippen molar-refractivity contribution in [2.75, 3.05) is 10.9 Å². The molecule has 2 nitrogen and oxygen atoms in total. The Morgan fingerprint density at radius 1 is 0.500 bits per heavy atom. The van der Waals surface area contributed by atoms with E-state index in [4.69, 9.17) is 0 Å². The highest BCUT2D eigenvalue weighted by Gasteiger charge is 2.03. The second kappa shape index (κ2) is 5.93. The van der Waals surface area contributed by atoms with Crippen LogP contribution in [-0.2, 0) is 0 Å². The fourth-order valence-corrected chi connectivity index (χ4v) is 2.12. The van der Waals surface area contributed by atoms with Crippen molar-refractivity contribution in [3.63, 3.8) is 0 Å². The van der Waals surface area contributed by atoms with Gasteiger partial charge in [0.1, 0.15) is 0 Å². The van der Waals surface area contributed by atoms with Crippen molar-refractivity contribution in [1.82, 2.24) is 0 Å². The number of anilines is 2. The van der Waals surface area contributed by atoms with E-state index in [-0.39, 0.29) is 0 Å². The topological polar surface area (TPSA) is 24.1 Å². The highest BCUT2D eigenvalue weighted by Crippen LogP contribution is 2.27. The van der Waals surface area contributed by atoms with Gasteiger partial charge in [-0.3, -0.25) is 0 Å². The van der Waals surface area contributed by atoms with Gasteiger partial charge in [0.05, 0.1) is 11.4 Å². The van der Waals surface area contributed by atoms with E-state index in [1.54, 1.807) is 0 Å². The maximum atomic E-state index is 3.28. The molecule has 0 atom stereocenters. The van der Waals surface area contributed by atoms with E-state index in [0.717, 1.165) is 11.4 Å². The van der Waals surface area contributed by atoms with Crippen LogP contribution in [0.1, 0.15) is 0 Å². The Balaban J connectivity index is 1.84. The van der Waals surface area contributed by atoms with Crippen LogP contribution in [0.4, 0.5) is 11.4 Å². The summed E-state index contributed by atoms with van der Waals surface area (Å²) >= 11 is 0. The highest BCUT2D eigenvalue weighted by molar-refractivity contribution is 5.78. The number of hydrazine groups is 1. The van der Waals surface area contributed by atoms with E-state index in [1.165, 1.54) is 11.1 Å². The maximum absolute atomic E-state index is 3.28. The summed E-state index contributed by atoms with van der Waals surface area (Å²) in [4.78, 5) is 0. The Hall–Kier alpha value is -2.74. The van der Waals surface area contributed by atoms with Crippen LogP contribution in [-0.4, -0.2) is 0 Å². The lowest BCUT2D eigenvalue weighted by Gasteiger charge is -2.14. The molecule has 0 aliphatic heterocycles. The molecule has 0 radical (unpaired) electrons. The predicted octanol–water partition coefficient (Wildman–Crippen LogP) is 4.79. The van der Waals surface area contributed by atoms with E-state index in [9.17, 15) is 0 Å². The van der Waals surface area contributed by atoms with E-state index in [0.29, 0.717) is 0 Å². The standard InChI is InChI=1S/C18H16N2/c1-3-9-15(10-4-1)17-13-7-8-14-18(17)20-19-16-11-5-2-6-12-16/h1-14,19-20H. The summed E-state index contributed by atoms with van der Waals surface area (Å²) in [6.07, 6.45) is 0. The zero-order chi connectivity index (χ0) is 13.6. The van der Waals surface area contributed by atoms with Gasteiger partial charge in [0.25, 0.3) is 0 Å². The maximum Gasteiger partial charge on any atom is 0.0618 e. The van der Waals surface area contributed by atoms with Crippen LogP contribution >= 0.6 is 0 Å². The van der Waals surface area contributed by atoms with Gasteiger partial charge in [0.15, 0.2) is 0 Å². The van der Waals surface area contributed by atoms with Crippen LogP contribution < -0.4 is 10.9 Å². The summed E-state index contributed by atoms with van der Waals surface area (Å²) in [5.74, 6) is 0. The number of rotatable bonds is 4. The van der Waals surface area contributed by atoms with Gasteiger partial charge in [-0.05, 0) is 23.8 Å². The molecule has 0 fully saturated rings. The first-order valence-corrected chi connectivity index (χ1v) is 6.65. The molecule has 0 aromatic heterocycles. The molecule has 0 aliphatic carbocycles. The molecule has 0 amide bonds. The number of benzene rings is 3. The molecule has 0 heterocycles. The lowest BCUT2D eigenvalue weighted by Crippen LogP contribution is -2.09. The largest absolute Gasteiger partial charge is 0.301 e. The predicted molar refractivity (Wildman–Crippen MR) is 85.6 cm³/mol. The molecule has 0 unspecified atom stereocenters. The summed E-state index contributed by atoms with van der Waals surface area (Å²) in [5.41, 5.74) is 11.0. The van der Waals surface area contributed by atoms with Gasteiger partial charge < -0.3 is 10.9 Å². The lowest BCUT2D eigenvalue weighted by atomic mass is 10.0. The van der Waals surface area contributed by atoms with E-state index >= 15 is 0 Å². The van der Waals surface area contributed by atoms with Gasteiger partial charge in [-0.2, -0.15) is 0 Å². The van der Waals surface area contributed by atoms with E-state index in [2.05, 4.69) is 53.3 Å². The fourth-order valence-electron chi connectivity index (χ4n) is 2.12. The Morgan fingerprint density at radius 2 is 1.10 bits per heavy atom. The molecule has 3 aromatic rings. The summed E-state index contributed by atoms with van der Waals surface area (Å²) in [5, 5.41) is 0. The van der Waals surface area contributed by atoms with Crippen LogP contribution in [0.3, 0.4) is 0 Å². The third-order valence-corrected chi connectivity index (χ3v) is 3.13. The van der Waals surface area contributed by atoms with Crippen molar-refractivity contribution in [2.24, 2.45) is 0 Å². The van der Waals surface area contributed by atoms with E-state index in [1.807, 2.05) is 42.5 Å². The molecule has 3 aromatic carbocycles. The smallest absolute Gasteiger partial charge is 0.0618 e. The third-order valence-electron chi connectivity index (χ3n) is 3.13. The molecule has 98 valence electrons. The molecule has 3 rings (SSSR count). The Morgan fingerprint density at radius 3 is 1.85 bits per heavy atom. The molecule has 0 aliphatic rings. The van der Waals surface area contributed by atoms with Gasteiger partial charge in [-0.1, -0.05) is 66.7 Å². The minimum atomic E-state index is 1.04. The van der Waals surface area contributed by atoms with Crippen LogP contribution in [0.25, 0.3) is 11.1 Å². The van der Waals surface area contributed by atoms with E-state index < -0.39 is 0 Å². The number of para-hydroxylation sites is 2. The molecule has 20 heavy (non-hydrogen) atoms.